The molecule has 6 nitrogen and oxygen atoms in total. The molecule has 0 atom stereocenters. The lowest BCUT2D eigenvalue weighted by Gasteiger charge is -2.25. The third-order valence-corrected chi connectivity index (χ3v) is 5.81. The van der Waals surface area contributed by atoms with Crippen LogP contribution >= 0.6 is 0 Å². The second-order valence-electron chi connectivity index (χ2n) is 8.30. The number of para-hydroxylation sites is 1. The minimum atomic E-state index is -0.377. The summed E-state index contributed by atoms with van der Waals surface area (Å²) in [5, 5.41) is 2.70. The minimum Gasteiger partial charge on any atom is -0.337 e. The molecule has 0 saturated carbocycles. The highest BCUT2D eigenvalue weighted by atomic mass is 16.2. The Kier molecular flexibility index (Phi) is 6.32. The van der Waals surface area contributed by atoms with Gasteiger partial charge in [-0.15, -0.1) is 0 Å². The van der Waals surface area contributed by atoms with Crippen LogP contribution in [-0.2, 0) is 14.4 Å². The lowest BCUT2D eigenvalue weighted by Crippen LogP contribution is -2.35. The van der Waals surface area contributed by atoms with E-state index in [2.05, 4.69) is 5.32 Å². The van der Waals surface area contributed by atoms with Gasteiger partial charge in [-0.05, 0) is 68.3 Å². The van der Waals surface area contributed by atoms with Gasteiger partial charge in [-0.3, -0.25) is 14.4 Å². The van der Waals surface area contributed by atoms with Gasteiger partial charge in [0.2, 0.25) is 5.91 Å². The van der Waals surface area contributed by atoms with E-state index >= 15 is 0 Å². The summed E-state index contributed by atoms with van der Waals surface area (Å²) >= 11 is 0. The molecular weight excluding hydrogens is 426 g/mol. The first-order valence-corrected chi connectivity index (χ1v) is 11.2. The number of likely N-dealkylation sites (N-methyl/N-ethyl adjacent to an activating group) is 1. The van der Waals surface area contributed by atoms with Crippen LogP contribution in [0.15, 0.2) is 78.5 Å². The smallest absolute Gasteiger partial charge is 0.282 e. The van der Waals surface area contributed by atoms with E-state index in [1.807, 2.05) is 74.2 Å². The zero-order valence-electron chi connectivity index (χ0n) is 19.8. The number of amides is 3. The fraction of sp³-hybridized carbons (Fsp3) is 0.179. The molecule has 0 unspecified atom stereocenters. The Morgan fingerprint density at radius 1 is 0.912 bits per heavy atom. The number of carbonyl (C=O) groups excluding carboxylic acids is 3. The van der Waals surface area contributed by atoms with Crippen molar-refractivity contribution >= 4 is 40.4 Å². The fourth-order valence-electron chi connectivity index (χ4n) is 4.31. The van der Waals surface area contributed by atoms with E-state index in [0.29, 0.717) is 29.2 Å². The molecule has 0 radical (unpaired) electrons. The Balaban J connectivity index is 1.86. The van der Waals surface area contributed by atoms with Crippen LogP contribution in [0.5, 0.6) is 0 Å². The molecule has 4 rings (SSSR count). The summed E-state index contributed by atoms with van der Waals surface area (Å²) in [5.41, 5.74) is 5.39. The Morgan fingerprint density at radius 2 is 1.59 bits per heavy atom. The molecule has 3 amide bonds. The SMILES string of the molecule is CCN(C1=C(c2ccc(C)cc2C)C(=O)N(c2ccc(NC(C)=O)cc2)C1=O)c1ccccc1. The molecular formula is C28H27N3O3. The van der Waals surface area contributed by atoms with Gasteiger partial charge >= 0.3 is 0 Å². The summed E-state index contributed by atoms with van der Waals surface area (Å²) in [6.45, 7) is 7.86. The van der Waals surface area contributed by atoms with Crippen molar-refractivity contribution in [2.45, 2.75) is 27.7 Å². The van der Waals surface area contributed by atoms with Crippen molar-refractivity contribution < 1.29 is 14.4 Å². The first-order valence-electron chi connectivity index (χ1n) is 11.2. The number of rotatable bonds is 6. The molecule has 34 heavy (non-hydrogen) atoms. The van der Waals surface area contributed by atoms with Crippen LogP contribution in [0.25, 0.3) is 5.57 Å². The first-order chi connectivity index (χ1) is 16.3. The van der Waals surface area contributed by atoms with Crippen molar-refractivity contribution in [2.75, 3.05) is 21.7 Å². The summed E-state index contributed by atoms with van der Waals surface area (Å²) in [4.78, 5) is 42.1. The normalized spacial score (nSPS) is 13.5. The van der Waals surface area contributed by atoms with Gasteiger partial charge in [0, 0.05) is 24.8 Å². The molecule has 0 spiro atoms. The van der Waals surface area contributed by atoms with E-state index < -0.39 is 0 Å². The Labute approximate surface area is 199 Å². The second-order valence-corrected chi connectivity index (χ2v) is 8.30. The molecule has 1 aliphatic rings. The molecule has 0 fully saturated rings. The van der Waals surface area contributed by atoms with Crippen LogP contribution in [0.4, 0.5) is 17.1 Å². The summed E-state index contributed by atoms with van der Waals surface area (Å²) in [6.07, 6.45) is 0. The van der Waals surface area contributed by atoms with Crippen molar-refractivity contribution in [2.24, 2.45) is 0 Å². The monoisotopic (exact) mass is 453 g/mol. The van der Waals surface area contributed by atoms with Gasteiger partial charge in [0.05, 0.1) is 11.3 Å². The highest BCUT2D eigenvalue weighted by molar-refractivity contribution is 6.46. The predicted octanol–water partition coefficient (Wildman–Crippen LogP) is 5.07. The third-order valence-electron chi connectivity index (χ3n) is 5.81. The molecule has 1 heterocycles. The van der Waals surface area contributed by atoms with Crippen LogP contribution < -0.4 is 15.1 Å². The number of hydrogen-bond acceptors (Lipinski definition) is 4. The quantitative estimate of drug-likeness (QED) is 0.529. The number of imide groups is 1. The summed E-state index contributed by atoms with van der Waals surface area (Å²) in [7, 11) is 0. The molecule has 3 aromatic rings. The molecule has 6 heteroatoms. The van der Waals surface area contributed by atoms with Crippen LogP contribution in [-0.4, -0.2) is 24.3 Å². The molecule has 3 aromatic carbocycles. The fourth-order valence-corrected chi connectivity index (χ4v) is 4.31. The van der Waals surface area contributed by atoms with E-state index in [1.54, 1.807) is 24.3 Å². The van der Waals surface area contributed by atoms with Crippen molar-refractivity contribution in [3.63, 3.8) is 0 Å². The van der Waals surface area contributed by atoms with Crippen LogP contribution in [0.2, 0.25) is 0 Å². The summed E-state index contributed by atoms with van der Waals surface area (Å²) < 4.78 is 0. The van der Waals surface area contributed by atoms with Crippen molar-refractivity contribution in [1.29, 1.82) is 0 Å². The summed E-state index contributed by atoms with van der Waals surface area (Å²) in [6, 6.07) is 22.2. The highest BCUT2D eigenvalue weighted by Crippen LogP contribution is 2.38. The standard InChI is InChI=1S/C28H27N3O3/c1-5-30(22-9-7-6-8-10-22)26-25(24-16-11-18(2)17-19(24)3)27(33)31(28(26)34)23-14-12-21(13-15-23)29-20(4)32/h6-17H,5H2,1-4H3,(H,29,32). The molecule has 0 aliphatic carbocycles. The lowest BCUT2D eigenvalue weighted by atomic mass is 9.97. The van der Waals surface area contributed by atoms with Crippen LogP contribution in [0.1, 0.15) is 30.5 Å². The summed E-state index contributed by atoms with van der Waals surface area (Å²) in [5.74, 6) is -0.935. The topological polar surface area (TPSA) is 69.7 Å². The number of carbonyl (C=O) groups is 3. The number of nitrogens with zero attached hydrogens (tertiary/aromatic N) is 2. The van der Waals surface area contributed by atoms with E-state index in [9.17, 15) is 14.4 Å². The molecule has 172 valence electrons. The van der Waals surface area contributed by atoms with Crippen molar-refractivity contribution in [1.82, 2.24) is 0 Å². The van der Waals surface area contributed by atoms with Crippen LogP contribution in [0, 0.1) is 13.8 Å². The van der Waals surface area contributed by atoms with Gasteiger partial charge in [-0.1, -0.05) is 42.0 Å². The van der Waals surface area contributed by atoms with Gasteiger partial charge < -0.3 is 10.2 Å². The molecule has 0 aromatic heterocycles. The van der Waals surface area contributed by atoms with Gasteiger partial charge in [0.1, 0.15) is 5.70 Å². The van der Waals surface area contributed by atoms with E-state index in [1.165, 1.54) is 11.8 Å². The Morgan fingerprint density at radius 3 is 2.18 bits per heavy atom. The van der Waals surface area contributed by atoms with Gasteiger partial charge in [-0.2, -0.15) is 0 Å². The number of anilines is 3. The van der Waals surface area contributed by atoms with E-state index in [0.717, 1.165) is 22.4 Å². The number of aryl methyl sites for hydroxylation is 2. The minimum absolute atomic E-state index is 0.191. The predicted molar refractivity (Wildman–Crippen MR) is 136 cm³/mol. The number of hydrogen-bond donors (Lipinski definition) is 1. The number of benzene rings is 3. The molecule has 1 aliphatic heterocycles. The number of nitrogens with one attached hydrogen (secondary N) is 1. The molecule has 1 N–H and O–H groups in total. The third kappa shape index (κ3) is 4.22. The maximum absolute atomic E-state index is 13.9. The zero-order valence-corrected chi connectivity index (χ0v) is 19.8. The van der Waals surface area contributed by atoms with Crippen molar-refractivity contribution in [3.8, 4) is 0 Å². The first kappa shape index (κ1) is 23.0. The zero-order chi connectivity index (χ0) is 24.4. The average molecular weight is 454 g/mol. The maximum Gasteiger partial charge on any atom is 0.282 e. The Hall–Kier alpha value is -4.19. The second kappa shape index (κ2) is 9.35. The highest BCUT2D eigenvalue weighted by Gasteiger charge is 2.43. The lowest BCUT2D eigenvalue weighted by molar-refractivity contribution is -0.120. The molecule has 0 bridgehead atoms. The average Bonchev–Trinajstić information content (AvgIpc) is 3.05. The van der Waals surface area contributed by atoms with Crippen LogP contribution in [0.3, 0.4) is 0 Å². The maximum atomic E-state index is 13.9. The largest absolute Gasteiger partial charge is 0.337 e. The van der Waals surface area contributed by atoms with Gasteiger partial charge in [0.15, 0.2) is 0 Å². The van der Waals surface area contributed by atoms with Crippen molar-refractivity contribution in [3.05, 3.63) is 95.2 Å². The molecule has 0 saturated heterocycles. The van der Waals surface area contributed by atoms with Gasteiger partial charge in [0.25, 0.3) is 11.8 Å². The van der Waals surface area contributed by atoms with E-state index in [-0.39, 0.29) is 17.7 Å². The van der Waals surface area contributed by atoms with Gasteiger partial charge in [-0.25, -0.2) is 4.90 Å². The Bertz CT molecular complexity index is 1290. The van der Waals surface area contributed by atoms with E-state index in [4.69, 9.17) is 0 Å².